The Morgan fingerprint density at radius 3 is 2.14 bits per heavy atom. The van der Waals surface area contributed by atoms with Gasteiger partial charge in [0.05, 0.1) is 12.6 Å². The molecule has 0 radical (unpaired) electrons. The topological polar surface area (TPSA) is 226 Å². The maximum absolute atomic E-state index is 13.0. The second-order valence-electron chi connectivity index (χ2n) is 9.57. The number of amides is 3. The number of nitrogens with zero attached hydrogens (tertiary/aromatic N) is 2. The quantitative estimate of drug-likeness (QED) is 0.0813. The summed E-state index contributed by atoms with van der Waals surface area (Å²) in [5.74, 6) is -2.02. The van der Waals surface area contributed by atoms with Crippen LogP contribution in [0.15, 0.2) is 58.0 Å². The molecule has 0 aliphatic heterocycles. The van der Waals surface area contributed by atoms with Gasteiger partial charge in [-0.2, -0.15) is 0 Å². The molecule has 3 amide bonds. The van der Waals surface area contributed by atoms with Crippen LogP contribution in [0.3, 0.4) is 0 Å². The van der Waals surface area contributed by atoms with Gasteiger partial charge in [0.2, 0.25) is 17.7 Å². The molecular formula is C29H42BrN7O6. The molecule has 2 aromatic carbocycles. The second kappa shape index (κ2) is 19.9. The predicted molar refractivity (Wildman–Crippen MR) is 168 cm³/mol. The minimum absolute atomic E-state index is 0.0654. The van der Waals surface area contributed by atoms with Crippen molar-refractivity contribution in [2.24, 2.45) is 22.2 Å². The zero-order valence-electron chi connectivity index (χ0n) is 24.5. The number of halogens is 1. The predicted octanol–water partition coefficient (Wildman–Crippen LogP) is 0.861. The lowest BCUT2D eigenvalue weighted by molar-refractivity contribution is -0.134. The van der Waals surface area contributed by atoms with E-state index in [0.29, 0.717) is 25.9 Å². The highest BCUT2D eigenvalue weighted by Gasteiger charge is 2.24. The van der Waals surface area contributed by atoms with E-state index in [4.69, 9.17) is 27.1 Å². The number of hydrogen-bond acceptors (Lipinski definition) is 7. The van der Waals surface area contributed by atoms with E-state index in [1.165, 1.54) is 12.1 Å². The first-order valence-corrected chi connectivity index (χ1v) is 14.5. The van der Waals surface area contributed by atoms with Crippen LogP contribution >= 0.6 is 15.9 Å². The number of phenols is 1. The molecule has 2 rings (SSSR count). The molecule has 43 heavy (non-hydrogen) atoms. The number of carbonyl (C=O) groups excluding carboxylic acids is 3. The number of benzene rings is 2. The zero-order chi connectivity index (χ0) is 32.4. The van der Waals surface area contributed by atoms with Crippen LogP contribution in [0.1, 0.15) is 37.8 Å². The SMILES string of the molecule is CC(=O)O.CCN(CCc1ccc(Br)cc1)C(=O)CNC(=O)[C@@H](CCCN=C(N)N)NC(=O)[C@@H](N)Cc1ccc(O)cc1. The van der Waals surface area contributed by atoms with Gasteiger partial charge in [-0.1, -0.05) is 40.2 Å². The second-order valence-corrected chi connectivity index (χ2v) is 10.5. The Hall–Kier alpha value is -4.17. The Morgan fingerprint density at radius 1 is 1.00 bits per heavy atom. The molecule has 0 heterocycles. The van der Waals surface area contributed by atoms with Gasteiger partial charge < -0.3 is 42.9 Å². The summed E-state index contributed by atoms with van der Waals surface area (Å²) in [6, 6.07) is 12.4. The molecule has 14 heteroatoms. The van der Waals surface area contributed by atoms with Crippen LogP contribution in [0.4, 0.5) is 0 Å². The number of carboxylic acid groups (broad SMARTS) is 1. The van der Waals surface area contributed by atoms with Gasteiger partial charge in [0, 0.05) is 31.0 Å². The molecule has 2 atom stereocenters. The van der Waals surface area contributed by atoms with E-state index in [2.05, 4.69) is 31.6 Å². The van der Waals surface area contributed by atoms with Crippen molar-refractivity contribution >= 4 is 45.6 Å². The average Bonchev–Trinajstić information content (AvgIpc) is 2.95. The van der Waals surface area contributed by atoms with Crippen molar-refractivity contribution in [2.45, 2.75) is 51.6 Å². The van der Waals surface area contributed by atoms with E-state index in [9.17, 15) is 19.5 Å². The standard InChI is InChI=1S/C27H38BrN7O4.C2H4O2/c1-2-35(15-13-18-5-9-20(28)10-6-18)24(37)17-33-26(39)23(4-3-14-32-27(30)31)34-25(38)22(29)16-19-7-11-21(36)12-8-19;1-2(3)4/h5-12,22-23,36H,2-4,13-17,29H2,1H3,(H,33,39)(H,34,38)(H4,30,31,32);1H3,(H,3,4)/t22-,23+;/m0./s1. The number of phenolic OH excluding ortho intramolecular Hbond substituents is 1. The first-order valence-electron chi connectivity index (χ1n) is 13.7. The number of likely N-dealkylation sites (N-methyl/N-ethyl adjacent to an activating group) is 1. The maximum atomic E-state index is 13.0. The Kier molecular flexibility index (Phi) is 17.0. The number of rotatable bonds is 15. The first-order chi connectivity index (χ1) is 20.3. The van der Waals surface area contributed by atoms with Gasteiger partial charge in [-0.3, -0.25) is 24.2 Å². The Morgan fingerprint density at radius 2 is 1.58 bits per heavy atom. The molecule has 0 unspecified atom stereocenters. The van der Waals surface area contributed by atoms with Gasteiger partial charge in [0.25, 0.3) is 5.97 Å². The van der Waals surface area contributed by atoms with E-state index in [-0.39, 0.29) is 43.5 Å². The molecule has 0 fully saturated rings. The highest BCUT2D eigenvalue weighted by molar-refractivity contribution is 9.10. The third kappa shape index (κ3) is 16.2. The van der Waals surface area contributed by atoms with E-state index in [1.807, 2.05) is 31.2 Å². The summed E-state index contributed by atoms with van der Waals surface area (Å²) in [5.41, 5.74) is 18.7. The number of carboxylic acids is 1. The molecule has 10 N–H and O–H groups in total. The van der Waals surface area contributed by atoms with E-state index in [1.54, 1.807) is 17.0 Å². The van der Waals surface area contributed by atoms with E-state index < -0.39 is 29.9 Å². The van der Waals surface area contributed by atoms with Crippen molar-refractivity contribution in [3.8, 4) is 5.75 Å². The number of nitrogens with two attached hydrogens (primary N) is 3. The largest absolute Gasteiger partial charge is 0.508 e. The van der Waals surface area contributed by atoms with Crippen LogP contribution in [-0.4, -0.2) is 83.0 Å². The molecule has 0 aromatic heterocycles. The number of guanidine groups is 1. The maximum Gasteiger partial charge on any atom is 0.300 e. The summed E-state index contributed by atoms with van der Waals surface area (Å²) in [7, 11) is 0. The van der Waals surface area contributed by atoms with Gasteiger partial charge in [0.1, 0.15) is 11.8 Å². The van der Waals surface area contributed by atoms with Crippen molar-refractivity contribution in [3.05, 3.63) is 64.1 Å². The van der Waals surface area contributed by atoms with Crippen molar-refractivity contribution in [3.63, 3.8) is 0 Å². The van der Waals surface area contributed by atoms with Crippen LogP contribution < -0.4 is 27.8 Å². The minimum Gasteiger partial charge on any atom is -0.508 e. The van der Waals surface area contributed by atoms with Crippen LogP contribution in [0.5, 0.6) is 5.75 Å². The zero-order valence-corrected chi connectivity index (χ0v) is 26.0. The summed E-state index contributed by atoms with van der Waals surface area (Å²) in [4.78, 5) is 53.2. The minimum atomic E-state index is -0.928. The fourth-order valence-electron chi connectivity index (χ4n) is 3.80. The third-order valence-electron chi connectivity index (χ3n) is 6.04. The van der Waals surface area contributed by atoms with E-state index >= 15 is 0 Å². The van der Waals surface area contributed by atoms with Crippen molar-refractivity contribution in [1.29, 1.82) is 0 Å². The molecule has 13 nitrogen and oxygen atoms in total. The molecule has 0 saturated heterocycles. The Balaban J connectivity index is 0.00000217. The highest BCUT2D eigenvalue weighted by atomic mass is 79.9. The summed E-state index contributed by atoms with van der Waals surface area (Å²) in [5, 5.41) is 22.2. The normalized spacial score (nSPS) is 11.6. The third-order valence-corrected chi connectivity index (χ3v) is 6.57. The molecule has 0 spiro atoms. The van der Waals surface area contributed by atoms with Crippen LogP contribution in [0, 0.1) is 0 Å². The fourth-order valence-corrected chi connectivity index (χ4v) is 4.07. The fraction of sp³-hybridized carbons (Fsp3) is 0.414. The molecule has 2 aromatic rings. The smallest absolute Gasteiger partial charge is 0.300 e. The summed E-state index contributed by atoms with van der Waals surface area (Å²) >= 11 is 3.41. The number of carbonyl (C=O) groups is 4. The highest BCUT2D eigenvalue weighted by Crippen LogP contribution is 2.12. The van der Waals surface area contributed by atoms with Crippen molar-refractivity contribution < 1.29 is 29.4 Å². The van der Waals surface area contributed by atoms with Crippen LogP contribution in [-0.2, 0) is 32.0 Å². The number of aromatic hydroxyl groups is 1. The lowest BCUT2D eigenvalue weighted by Gasteiger charge is -2.23. The van der Waals surface area contributed by atoms with Crippen molar-refractivity contribution in [1.82, 2.24) is 15.5 Å². The number of hydrogen-bond donors (Lipinski definition) is 7. The number of aliphatic carboxylic acids is 1. The summed E-state index contributed by atoms with van der Waals surface area (Å²) in [6.07, 6.45) is 1.57. The number of nitrogens with one attached hydrogen (secondary N) is 2. The molecule has 0 bridgehead atoms. The Labute approximate surface area is 260 Å². The average molecular weight is 665 g/mol. The van der Waals surface area contributed by atoms with E-state index in [0.717, 1.165) is 22.5 Å². The van der Waals surface area contributed by atoms with Gasteiger partial charge in [0.15, 0.2) is 5.96 Å². The summed E-state index contributed by atoms with van der Waals surface area (Å²) < 4.78 is 0.985. The molecule has 0 aliphatic carbocycles. The van der Waals surface area contributed by atoms with Gasteiger partial charge in [-0.25, -0.2) is 0 Å². The van der Waals surface area contributed by atoms with Crippen molar-refractivity contribution in [2.75, 3.05) is 26.2 Å². The molecular weight excluding hydrogens is 622 g/mol. The monoisotopic (exact) mass is 663 g/mol. The lowest BCUT2D eigenvalue weighted by Crippen LogP contribution is -2.53. The number of aliphatic imine (C=N–C) groups is 1. The summed E-state index contributed by atoms with van der Waals surface area (Å²) in [6.45, 7) is 4.05. The Bertz CT molecular complexity index is 1200. The molecule has 0 aliphatic rings. The van der Waals surface area contributed by atoms with Gasteiger partial charge in [-0.15, -0.1) is 0 Å². The molecule has 236 valence electrons. The molecule has 0 saturated carbocycles. The van der Waals surface area contributed by atoms with Gasteiger partial charge in [-0.05, 0) is 68.0 Å². The van der Waals surface area contributed by atoms with Crippen LogP contribution in [0.2, 0.25) is 0 Å². The first kappa shape index (κ1) is 36.9. The van der Waals surface area contributed by atoms with Crippen LogP contribution in [0.25, 0.3) is 0 Å². The van der Waals surface area contributed by atoms with Gasteiger partial charge >= 0.3 is 0 Å². The lowest BCUT2D eigenvalue weighted by atomic mass is 10.0.